The number of rotatable bonds is 0. The van der Waals surface area contributed by atoms with Gasteiger partial charge in [-0.1, -0.05) is 0 Å². The van der Waals surface area contributed by atoms with E-state index >= 15 is 0 Å². The van der Waals surface area contributed by atoms with Crippen LogP contribution in [-0.4, -0.2) is 0 Å². The van der Waals surface area contributed by atoms with Crippen molar-refractivity contribution in [1.82, 2.24) is 0 Å². The minimum absolute atomic E-state index is 0. The van der Waals surface area contributed by atoms with Crippen molar-refractivity contribution in [3.05, 3.63) is 39.4 Å². The van der Waals surface area contributed by atoms with Crippen LogP contribution in [0.15, 0.2) is 0 Å². The fourth-order valence-corrected chi connectivity index (χ4v) is 0. The van der Waals surface area contributed by atoms with Gasteiger partial charge in [0.2, 0.25) is 0 Å². The molecule has 8 heteroatoms. The molecule has 0 bridgehead atoms. The van der Waals surface area contributed by atoms with E-state index in [9.17, 15) is 0 Å². The Morgan fingerprint density at radius 2 is 0.357 bits per heavy atom. The van der Waals surface area contributed by atoms with E-state index in [2.05, 4.69) is 0 Å². The summed E-state index contributed by atoms with van der Waals surface area (Å²) in [4.78, 5) is 0. The third-order valence-corrected chi connectivity index (χ3v) is 0. The van der Waals surface area contributed by atoms with Gasteiger partial charge in [0.25, 0.3) is 0 Å². The van der Waals surface area contributed by atoms with Gasteiger partial charge in [-0.25, -0.2) is 0 Å². The average molecular weight is 371 g/mol. The van der Waals surface area contributed by atoms with Gasteiger partial charge < -0.3 is 71.0 Å². The Hall–Kier alpha value is -1.25. The molecule has 0 unspecified atom stereocenters. The normalized spacial score (nSPS) is 0.857. The summed E-state index contributed by atoms with van der Waals surface area (Å²) in [5.74, 6) is 0. The average Bonchev–Trinajstić information content (AvgIpc) is 2.33. The first-order valence-corrected chi connectivity index (χ1v) is 1.34. The second-order valence-electron chi connectivity index (χ2n) is 0. The van der Waals surface area contributed by atoms with Crippen LogP contribution >= 0.6 is 0 Å². The molecule has 0 aromatic carbocycles. The minimum atomic E-state index is 0. The van der Waals surface area contributed by atoms with Crippen molar-refractivity contribution >= 4 is 0 Å². The van der Waals surface area contributed by atoms with E-state index in [0.717, 1.165) is 0 Å². The minimum Gasteiger partial charge on any atom is -0.512 e. The molecule has 0 aliphatic carbocycles. The molecular weight excluding hydrogens is 371 g/mol. The van der Waals surface area contributed by atoms with E-state index in [0.29, 0.717) is 0 Å². The molecule has 0 fully saturated rings. The maximum atomic E-state index is 6.25. The summed E-state index contributed by atoms with van der Waals surface area (Å²) < 4.78 is 0. The summed E-state index contributed by atoms with van der Waals surface area (Å²) in [5, 5.41) is 37.5. The van der Waals surface area contributed by atoms with Crippen molar-refractivity contribution < 1.29 is 55.7 Å². The van der Waals surface area contributed by atoms with Gasteiger partial charge in [0.1, 0.15) is 0 Å². The number of nitrogens with zero attached hydrogens (tertiary/aromatic N) is 6. The van der Waals surface area contributed by atoms with Gasteiger partial charge in [0, 0.05) is 0 Å². The molecule has 0 spiro atoms. The molecule has 71 valence electrons. The largest absolute Gasteiger partial charge is 3.00 e. The Labute approximate surface area is 125 Å². The van der Waals surface area contributed by atoms with Crippen LogP contribution < -0.4 is 0 Å². The van der Waals surface area contributed by atoms with Gasteiger partial charge >= 0.3 is 55.7 Å². The van der Waals surface area contributed by atoms with Crippen molar-refractivity contribution in [2.45, 2.75) is 0 Å². The first kappa shape index (κ1) is 78.1. The zero-order valence-electron chi connectivity index (χ0n) is 6.37. The number of hydrogen-bond donors (Lipinski definition) is 0. The Morgan fingerprint density at radius 1 is 0.357 bits per heavy atom. The Balaban J connectivity index is -0.00000000500. The van der Waals surface area contributed by atoms with E-state index in [1.807, 2.05) is 0 Å². The summed E-state index contributed by atoms with van der Waals surface area (Å²) in [6, 6.07) is 0. The van der Waals surface area contributed by atoms with Crippen molar-refractivity contribution in [3.63, 3.8) is 0 Å². The van der Waals surface area contributed by atoms with E-state index in [4.69, 9.17) is 71.0 Å². The summed E-state index contributed by atoms with van der Waals surface area (Å²) in [7, 11) is 0. The van der Waals surface area contributed by atoms with E-state index < -0.39 is 0 Å². The molecule has 0 saturated carbocycles. The molecular formula is C6FeN6Tb. The summed E-state index contributed by atoms with van der Waals surface area (Å²) >= 11 is 0. The summed E-state index contributed by atoms with van der Waals surface area (Å²) in [6.45, 7) is 28.5. The van der Waals surface area contributed by atoms with Crippen LogP contribution in [0, 0.1) is 110 Å². The van der Waals surface area contributed by atoms with Crippen molar-refractivity contribution in [2.24, 2.45) is 0 Å². The second-order valence-corrected chi connectivity index (χ2v) is 0. The predicted octanol–water partition coefficient (Wildman–Crippen LogP) is 0.576. The van der Waals surface area contributed by atoms with Gasteiger partial charge in [0.05, 0.1) is 0 Å². The summed E-state index contributed by atoms with van der Waals surface area (Å²) in [6.07, 6.45) is 0. The fraction of sp³-hybridized carbons (Fsp3) is 0. The van der Waals surface area contributed by atoms with Gasteiger partial charge in [-0.05, 0) is 0 Å². The molecule has 0 atom stereocenters. The Morgan fingerprint density at radius 3 is 0.357 bits per heavy atom. The second kappa shape index (κ2) is 861. The van der Waals surface area contributed by atoms with Gasteiger partial charge in [-0.2, -0.15) is 0 Å². The van der Waals surface area contributed by atoms with Crippen LogP contribution in [0.3, 0.4) is 0 Å². The molecule has 0 heterocycles. The van der Waals surface area contributed by atoms with Gasteiger partial charge in [-0.3, -0.25) is 0 Å². The molecule has 14 heavy (non-hydrogen) atoms. The molecule has 0 rings (SSSR count). The van der Waals surface area contributed by atoms with Crippen LogP contribution in [0.4, 0.5) is 0 Å². The van der Waals surface area contributed by atoms with Crippen molar-refractivity contribution in [1.29, 1.82) is 31.6 Å². The summed E-state index contributed by atoms with van der Waals surface area (Å²) in [5.41, 5.74) is 0. The predicted molar refractivity (Wildman–Crippen MR) is 29.8 cm³/mol. The topological polar surface area (TPSA) is 143 Å². The quantitative estimate of drug-likeness (QED) is 0.450. The zero-order valence-corrected chi connectivity index (χ0v) is 9.61. The van der Waals surface area contributed by atoms with E-state index in [-0.39, 0.29) is 55.7 Å². The van der Waals surface area contributed by atoms with E-state index in [1.54, 1.807) is 0 Å². The molecule has 0 N–H and O–H groups in total. The van der Waals surface area contributed by atoms with Crippen molar-refractivity contribution in [3.8, 4) is 0 Å². The van der Waals surface area contributed by atoms with Crippen LogP contribution in [0.5, 0.6) is 0 Å². The van der Waals surface area contributed by atoms with Crippen molar-refractivity contribution in [2.75, 3.05) is 0 Å². The number of hydrogen-bond acceptors (Lipinski definition) is 6. The van der Waals surface area contributed by atoms with Crippen LogP contribution in [0.25, 0.3) is 0 Å². The first-order chi connectivity index (χ1) is 6.00. The molecule has 0 aromatic rings. The third-order valence-electron chi connectivity index (χ3n) is 0. The fourth-order valence-electron chi connectivity index (χ4n) is 0. The smallest absolute Gasteiger partial charge is 0.512 e. The molecule has 6 nitrogen and oxygen atoms in total. The van der Waals surface area contributed by atoms with Crippen LogP contribution in [0.1, 0.15) is 0 Å². The Kier molecular flexibility index (Phi) is 4800. The maximum absolute atomic E-state index is 6.25. The molecule has 0 aliphatic rings. The monoisotopic (exact) mass is 371 g/mol. The molecule has 0 amide bonds. The van der Waals surface area contributed by atoms with Gasteiger partial charge in [-0.15, -0.1) is 0 Å². The molecule has 0 aromatic heterocycles. The zero-order chi connectivity index (χ0) is 12.0. The van der Waals surface area contributed by atoms with E-state index in [1.165, 1.54) is 0 Å². The molecule has 0 saturated heterocycles. The van der Waals surface area contributed by atoms with Crippen LogP contribution in [-0.2, 0) is 17.1 Å². The van der Waals surface area contributed by atoms with Gasteiger partial charge in [0.15, 0.2) is 0 Å². The Bertz CT molecular complexity index is 97.3. The standard InChI is InChI=1S/6CN.Fe.Tb/c6*1-2;;/q6*-1;2*+3. The SMILES string of the molecule is [C-]#N.[C-]#N.[C-]#N.[C-]#N.[C-]#N.[C-]#N.[Fe+3].[Tb+3]. The first-order valence-electron chi connectivity index (χ1n) is 1.34. The molecule has 0 aliphatic heterocycles. The molecule has 1 radical (unpaired) electrons. The van der Waals surface area contributed by atoms with Crippen LogP contribution in [0.2, 0.25) is 0 Å². The third kappa shape index (κ3) is 648. The maximum Gasteiger partial charge on any atom is 3.00 e.